The Labute approximate surface area is 154 Å². The molecule has 0 aromatic heterocycles. The van der Waals surface area contributed by atoms with Gasteiger partial charge in [-0.25, -0.2) is 4.79 Å². The summed E-state index contributed by atoms with van der Waals surface area (Å²) in [5.41, 5.74) is 3.59. The Kier molecular flexibility index (Phi) is 8.16. The Balaban J connectivity index is 3.23. The third-order valence-corrected chi connectivity index (χ3v) is 5.07. The lowest BCUT2D eigenvalue weighted by Crippen LogP contribution is -2.46. The van der Waals surface area contributed by atoms with Crippen LogP contribution in [0.5, 0.6) is 0 Å². The topological polar surface area (TPSA) is 63.7 Å². The Morgan fingerprint density at radius 1 is 1.16 bits per heavy atom. The lowest BCUT2D eigenvalue weighted by molar-refractivity contribution is -0.142. The van der Waals surface area contributed by atoms with Crippen molar-refractivity contribution in [2.75, 3.05) is 17.8 Å². The van der Waals surface area contributed by atoms with Gasteiger partial charge in [-0.1, -0.05) is 30.8 Å². The van der Waals surface area contributed by atoms with Crippen molar-refractivity contribution in [3.05, 3.63) is 28.8 Å². The van der Waals surface area contributed by atoms with Crippen molar-refractivity contribution in [1.29, 1.82) is 0 Å². The highest BCUT2D eigenvalue weighted by Gasteiger charge is 2.30. The molecule has 1 atom stereocenters. The molecule has 6 heteroatoms. The number of ether oxygens (including phenoxy) is 1. The van der Waals surface area contributed by atoms with Crippen molar-refractivity contribution < 1.29 is 19.1 Å². The molecule has 1 aromatic rings. The molecule has 0 saturated carbocycles. The summed E-state index contributed by atoms with van der Waals surface area (Å²) in [4.78, 5) is 38.2. The number of esters is 1. The molecule has 1 aromatic carbocycles. The Bertz CT molecular complexity index is 657. The van der Waals surface area contributed by atoms with Crippen LogP contribution >= 0.6 is 11.8 Å². The van der Waals surface area contributed by atoms with Gasteiger partial charge in [0.15, 0.2) is 5.12 Å². The molecular weight excluding hydrogens is 338 g/mol. The van der Waals surface area contributed by atoms with E-state index in [9.17, 15) is 14.4 Å². The molecule has 1 rings (SSSR count). The number of thioether (sulfide) groups is 1. The number of carbonyl (C=O) groups is 3. The quantitative estimate of drug-likeness (QED) is 0.691. The summed E-state index contributed by atoms with van der Waals surface area (Å²) >= 11 is 1.00. The van der Waals surface area contributed by atoms with Gasteiger partial charge < -0.3 is 4.74 Å². The fourth-order valence-electron chi connectivity index (χ4n) is 2.61. The van der Waals surface area contributed by atoms with E-state index in [4.69, 9.17) is 4.74 Å². The predicted molar refractivity (Wildman–Crippen MR) is 102 cm³/mol. The van der Waals surface area contributed by atoms with E-state index < -0.39 is 12.0 Å². The van der Waals surface area contributed by atoms with E-state index in [0.29, 0.717) is 12.1 Å². The highest BCUT2D eigenvalue weighted by atomic mass is 32.2. The van der Waals surface area contributed by atoms with Gasteiger partial charge in [-0.3, -0.25) is 14.5 Å². The van der Waals surface area contributed by atoms with Crippen LogP contribution in [-0.2, 0) is 19.1 Å². The zero-order chi connectivity index (χ0) is 19.1. The maximum atomic E-state index is 12.9. The van der Waals surface area contributed by atoms with Crippen LogP contribution in [0.25, 0.3) is 0 Å². The smallest absolute Gasteiger partial charge is 0.328 e. The van der Waals surface area contributed by atoms with Crippen LogP contribution in [0.15, 0.2) is 12.1 Å². The van der Waals surface area contributed by atoms with Gasteiger partial charge in [0.25, 0.3) is 0 Å². The number of hydrogen-bond acceptors (Lipinski definition) is 5. The molecule has 1 amide bonds. The summed E-state index contributed by atoms with van der Waals surface area (Å²) in [6.07, 6.45) is 1.19. The van der Waals surface area contributed by atoms with E-state index in [2.05, 4.69) is 0 Å². The molecule has 5 nitrogen and oxygen atoms in total. The van der Waals surface area contributed by atoms with E-state index in [1.165, 1.54) is 12.0 Å². The lowest BCUT2D eigenvalue weighted by atomic mass is 10.0. The maximum Gasteiger partial charge on any atom is 0.328 e. The van der Waals surface area contributed by atoms with Gasteiger partial charge in [0.2, 0.25) is 5.91 Å². The SMILES string of the molecule is CCCC(=O)SCC(=O)N(c1c(C)ccc(C)c1C)[C@@H](C)C(=O)OC. The van der Waals surface area contributed by atoms with E-state index in [-0.39, 0.29) is 16.8 Å². The number of aryl methyl sites for hydroxylation is 2. The molecule has 0 N–H and O–H groups in total. The van der Waals surface area contributed by atoms with Crippen LogP contribution in [0.2, 0.25) is 0 Å². The van der Waals surface area contributed by atoms with Crippen LogP contribution in [0.3, 0.4) is 0 Å². The minimum absolute atomic E-state index is 0.00693. The number of carbonyl (C=O) groups excluding carboxylic acids is 3. The first kappa shape index (κ1) is 21.2. The second kappa shape index (κ2) is 9.61. The monoisotopic (exact) mass is 365 g/mol. The van der Waals surface area contributed by atoms with Gasteiger partial charge in [-0.15, -0.1) is 0 Å². The van der Waals surface area contributed by atoms with Crippen LogP contribution in [0, 0.1) is 20.8 Å². The van der Waals surface area contributed by atoms with Gasteiger partial charge in [-0.2, -0.15) is 0 Å². The van der Waals surface area contributed by atoms with Crippen molar-refractivity contribution in [3.8, 4) is 0 Å². The van der Waals surface area contributed by atoms with Gasteiger partial charge in [0.1, 0.15) is 6.04 Å². The zero-order valence-corrected chi connectivity index (χ0v) is 16.7. The van der Waals surface area contributed by atoms with Crippen LogP contribution in [-0.4, -0.2) is 35.9 Å². The van der Waals surface area contributed by atoms with E-state index in [1.807, 2.05) is 39.8 Å². The van der Waals surface area contributed by atoms with Gasteiger partial charge in [-0.05, 0) is 50.8 Å². The molecule has 0 radical (unpaired) electrons. The minimum atomic E-state index is -0.765. The Hall–Kier alpha value is -1.82. The molecule has 0 aliphatic heterocycles. The second-order valence-corrected chi connectivity index (χ2v) is 7.08. The first-order chi connectivity index (χ1) is 11.7. The average Bonchev–Trinajstić information content (AvgIpc) is 2.59. The van der Waals surface area contributed by atoms with Crippen LogP contribution in [0.1, 0.15) is 43.4 Å². The fourth-order valence-corrected chi connectivity index (χ4v) is 3.38. The molecule has 0 bridgehead atoms. The summed E-state index contributed by atoms with van der Waals surface area (Å²) in [5, 5.41) is -0.0146. The number of rotatable bonds is 7. The van der Waals surface area contributed by atoms with Crippen molar-refractivity contribution in [2.45, 2.75) is 53.5 Å². The molecule has 0 saturated heterocycles. The lowest BCUT2D eigenvalue weighted by Gasteiger charge is -2.31. The Morgan fingerprint density at radius 2 is 1.76 bits per heavy atom. The highest BCUT2D eigenvalue weighted by molar-refractivity contribution is 8.14. The largest absolute Gasteiger partial charge is 0.467 e. The number of hydrogen-bond donors (Lipinski definition) is 0. The number of benzene rings is 1. The van der Waals surface area contributed by atoms with Crippen molar-refractivity contribution in [2.24, 2.45) is 0 Å². The van der Waals surface area contributed by atoms with Crippen molar-refractivity contribution in [1.82, 2.24) is 0 Å². The van der Waals surface area contributed by atoms with Gasteiger partial charge in [0, 0.05) is 6.42 Å². The summed E-state index contributed by atoms with van der Waals surface area (Å²) in [6.45, 7) is 9.36. The average molecular weight is 365 g/mol. The molecule has 138 valence electrons. The zero-order valence-electron chi connectivity index (χ0n) is 15.8. The minimum Gasteiger partial charge on any atom is -0.467 e. The number of amides is 1. The third kappa shape index (κ3) is 5.33. The molecule has 0 heterocycles. The van der Waals surface area contributed by atoms with Crippen molar-refractivity contribution >= 4 is 34.4 Å². The number of methoxy groups -OCH3 is 1. The predicted octanol–water partition coefficient (Wildman–Crippen LogP) is 3.57. The number of anilines is 1. The normalized spacial score (nSPS) is 11.8. The van der Waals surface area contributed by atoms with Crippen LogP contribution < -0.4 is 4.90 Å². The molecule has 0 aliphatic carbocycles. The van der Waals surface area contributed by atoms with Gasteiger partial charge in [0.05, 0.1) is 18.6 Å². The van der Waals surface area contributed by atoms with Crippen molar-refractivity contribution in [3.63, 3.8) is 0 Å². The first-order valence-electron chi connectivity index (χ1n) is 8.36. The Morgan fingerprint density at radius 3 is 2.32 bits per heavy atom. The summed E-state index contributed by atoms with van der Waals surface area (Å²) in [5.74, 6) is -0.754. The standard InChI is InChI=1S/C19H27NO4S/c1-7-8-17(22)25-11-16(21)20(15(5)19(23)24-6)18-13(3)10-9-12(2)14(18)4/h9-10,15H,7-8,11H2,1-6H3/t15-/m0/s1. The summed E-state index contributed by atoms with van der Waals surface area (Å²) in [7, 11) is 1.30. The van der Waals surface area contributed by atoms with Gasteiger partial charge >= 0.3 is 5.97 Å². The summed E-state index contributed by atoms with van der Waals surface area (Å²) in [6, 6.07) is 3.15. The van der Waals surface area contributed by atoms with Crippen LogP contribution in [0.4, 0.5) is 5.69 Å². The second-order valence-electron chi connectivity index (χ2n) is 6.05. The van der Waals surface area contributed by atoms with E-state index in [1.54, 1.807) is 6.92 Å². The first-order valence-corrected chi connectivity index (χ1v) is 9.35. The molecular formula is C19H27NO4S. The highest BCUT2D eigenvalue weighted by Crippen LogP contribution is 2.30. The fraction of sp³-hybridized carbons (Fsp3) is 0.526. The molecule has 0 aliphatic rings. The van der Waals surface area contributed by atoms with E-state index >= 15 is 0 Å². The third-order valence-electron chi connectivity index (χ3n) is 4.15. The maximum absolute atomic E-state index is 12.9. The molecule has 25 heavy (non-hydrogen) atoms. The summed E-state index contributed by atoms with van der Waals surface area (Å²) < 4.78 is 4.83. The molecule has 0 unspecified atom stereocenters. The number of nitrogens with zero attached hydrogens (tertiary/aromatic N) is 1. The molecule has 0 spiro atoms. The molecule has 0 fully saturated rings. The van der Waals surface area contributed by atoms with E-state index in [0.717, 1.165) is 34.9 Å².